The Kier molecular flexibility index (Phi) is 6.90. The molecule has 168 valence electrons. The third-order valence-electron chi connectivity index (χ3n) is 5.30. The highest BCUT2D eigenvalue weighted by molar-refractivity contribution is 5.62. The Labute approximate surface area is 191 Å². The number of nitrogen functional groups attached to an aromatic ring is 1. The molecule has 0 aliphatic carbocycles. The number of nitrogens with two attached hydrogens (primary N) is 1. The van der Waals surface area contributed by atoms with Gasteiger partial charge >= 0.3 is 5.69 Å². The monoisotopic (exact) mass is 442 g/mol. The Morgan fingerprint density at radius 2 is 1.39 bits per heavy atom. The summed E-state index contributed by atoms with van der Waals surface area (Å²) in [6.07, 6.45) is 0. The number of rotatable bonds is 9. The van der Waals surface area contributed by atoms with E-state index >= 15 is 0 Å². The van der Waals surface area contributed by atoms with Gasteiger partial charge in [0.25, 0.3) is 5.56 Å². The molecule has 3 N–H and O–H groups in total. The van der Waals surface area contributed by atoms with E-state index in [1.165, 1.54) is 4.57 Å². The van der Waals surface area contributed by atoms with E-state index in [1.54, 1.807) is 0 Å². The number of aromatic nitrogens is 2. The molecule has 0 aliphatic rings. The zero-order chi connectivity index (χ0) is 23.0. The molecule has 33 heavy (non-hydrogen) atoms. The molecule has 0 amide bonds. The molecule has 0 bridgehead atoms. The molecule has 0 radical (unpaired) electrons. The predicted molar refractivity (Wildman–Crippen MR) is 131 cm³/mol. The normalized spacial score (nSPS) is 10.7. The molecule has 0 unspecified atom stereocenters. The number of nitrogens with zero attached hydrogens (tertiary/aromatic N) is 2. The summed E-state index contributed by atoms with van der Waals surface area (Å²) in [5, 5.41) is 0. The maximum absolute atomic E-state index is 12.9. The van der Waals surface area contributed by atoms with E-state index in [-0.39, 0.29) is 18.1 Å². The van der Waals surface area contributed by atoms with Gasteiger partial charge in [-0.2, -0.15) is 0 Å². The van der Waals surface area contributed by atoms with Crippen molar-refractivity contribution in [2.75, 3.05) is 23.8 Å². The lowest BCUT2D eigenvalue weighted by Crippen LogP contribution is -2.39. The number of hydrogen-bond donors (Lipinski definition) is 2. The Morgan fingerprint density at radius 3 is 2.03 bits per heavy atom. The maximum Gasteiger partial charge on any atom is 0.330 e. The van der Waals surface area contributed by atoms with Gasteiger partial charge in [0.05, 0.1) is 13.1 Å². The predicted octanol–water partition coefficient (Wildman–Crippen LogP) is 3.25. The van der Waals surface area contributed by atoms with Gasteiger partial charge in [-0.3, -0.25) is 14.3 Å². The van der Waals surface area contributed by atoms with Gasteiger partial charge < -0.3 is 15.4 Å². The summed E-state index contributed by atoms with van der Waals surface area (Å²) in [5.41, 5.74) is 7.55. The number of para-hydroxylation sites is 1. The van der Waals surface area contributed by atoms with Crippen molar-refractivity contribution in [3.8, 4) is 5.75 Å². The molecule has 1 heterocycles. The molecule has 1 aromatic heterocycles. The molecule has 0 saturated heterocycles. The second-order valence-corrected chi connectivity index (χ2v) is 7.63. The van der Waals surface area contributed by atoms with E-state index in [9.17, 15) is 9.59 Å². The fourth-order valence-electron chi connectivity index (χ4n) is 3.67. The van der Waals surface area contributed by atoms with Crippen LogP contribution in [0.25, 0.3) is 0 Å². The summed E-state index contributed by atoms with van der Waals surface area (Å²) in [5.74, 6) is 0.872. The summed E-state index contributed by atoms with van der Waals surface area (Å²) >= 11 is 0. The van der Waals surface area contributed by atoms with Crippen LogP contribution >= 0.6 is 0 Å². The Bertz CT molecular complexity index is 1290. The van der Waals surface area contributed by atoms with E-state index in [0.29, 0.717) is 19.7 Å². The zero-order valence-electron chi connectivity index (χ0n) is 18.2. The second-order valence-electron chi connectivity index (χ2n) is 7.63. The second kappa shape index (κ2) is 10.4. The zero-order valence-corrected chi connectivity index (χ0v) is 18.2. The lowest BCUT2D eigenvalue weighted by Gasteiger charge is -2.26. The molecule has 7 nitrogen and oxygen atoms in total. The van der Waals surface area contributed by atoms with Crippen molar-refractivity contribution in [3.05, 3.63) is 123 Å². The largest absolute Gasteiger partial charge is 0.492 e. The lowest BCUT2D eigenvalue weighted by molar-refractivity contribution is 0.323. The van der Waals surface area contributed by atoms with E-state index in [1.807, 2.05) is 95.9 Å². The fraction of sp³-hybridized carbons (Fsp3) is 0.154. The van der Waals surface area contributed by atoms with Crippen LogP contribution in [-0.4, -0.2) is 22.7 Å². The fourth-order valence-corrected chi connectivity index (χ4v) is 3.67. The molecule has 0 aliphatic heterocycles. The highest BCUT2D eigenvalue weighted by atomic mass is 16.5. The standard InChI is InChI=1S/C26H26N4O3/c27-24-23(25(31)28-26(32)30(24)19-21-12-6-2-7-13-21)29(18-20-10-4-1-5-11-20)16-17-33-22-14-8-3-9-15-22/h1-15H,16-19,27H2,(H,28,31,32). The Hall–Kier alpha value is -4.26. The molecule has 4 rings (SSSR count). The molecule has 0 atom stereocenters. The maximum atomic E-state index is 12.9. The molecule has 0 spiro atoms. The third kappa shape index (κ3) is 5.51. The van der Waals surface area contributed by atoms with Gasteiger partial charge in [-0.25, -0.2) is 4.79 Å². The van der Waals surface area contributed by atoms with Crippen LogP contribution in [0.4, 0.5) is 11.5 Å². The van der Waals surface area contributed by atoms with Gasteiger partial charge in [-0.15, -0.1) is 0 Å². The van der Waals surface area contributed by atoms with Gasteiger partial charge in [0.15, 0.2) is 0 Å². The summed E-state index contributed by atoms with van der Waals surface area (Å²) in [6, 6.07) is 28.8. The summed E-state index contributed by atoms with van der Waals surface area (Å²) in [4.78, 5) is 29.8. The smallest absolute Gasteiger partial charge is 0.330 e. The first-order valence-electron chi connectivity index (χ1n) is 10.7. The van der Waals surface area contributed by atoms with Crippen LogP contribution in [0.3, 0.4) is 0 Å². The third-order valence-corrected chi connectivity index (χ3v) is 5.30. The number of anilines is 2. The average molecular weight is 443 g/mol. The highest BCUT2D eigenvalue weighted by Crippen LogP contribution is 2.20. The molecule has 4 aromatic rings. The van der Waals surface area contributed by atoms with E-state index in [4.69, 9.17) is 10.5 Å². The lowest BCUT2D eigenvalue weighted by atomic mass is 10.2. The minimum atomic E-state index is -0.537. The Balaban J connectivity index is 1.66. The highest BCUT2D eigenvalue weighted by Gasteiger charge is 2.19. The van der Waals surface area contributed by atoms with E-state index < -0.39 is 11.2 Å². The first kappa shape index (κ1) is 22.0. The summed E-state index contributed by atoms with van der Waals surface area (Å²) in [7, 11) is 0. The van der Waals surface area contributed by atoms with Crippen LogP contribution in [-0.2, 0) is 13.1 Å². The van der Waals surface area contributed by atoms with Crippen LogP contribution < -0.4 is 26.6 Å². The average Bonchev–Trinajstić information content (AvgIpc) is 2.83. The summed E-state index contributed by atoms with van der Waals surface area (Å²) < 4.78 is 7.25. The van der Waals surface area contributed by atoms with Gasteiger partial charge in [0, 0.05) is 6.54 Å². The van der Waals surface area contributed by atoms with Crippen molar-refractivity contribution < 1.29 is 4.74 Å². The SMILES string of the molecule is Nc1c(N(CCOc2ccccc2)Cc2ccccc2)c(=O)[nH]c(=O)n1Cc1ccccc1. The van der Waals surface area contributed by atoms with Gasteiger partial charge in [-0.05, 0) is 23.3 Å². The van der Waals surface area contributed by atoms with Crippen LogP contribution in [0.1, 0.15) is 11.1 Å². The Morgan fingerprint density at radius 1 is 0.818 bits per heavy atom. The van der Waals surface area contributed by atoms with Gasteiger partial charge in [0.2, 0.25) is 0 Å². The molecule has 3 aromatic carbocycles. The number of nitrogens with one attached hydrogen (secondary N) is 1. The van der Waals surface area contributed by atoms with Crippen LogP contribution in [0, 0.1) is 0 Å². The molecular weight excluding hydrogens is 416 g/mol. The topological polar surface area (TPSA) is 93.3 Å². The first-order chi connectivity index (χ1) is 16.1. The minimum Gasteiger partial charge on any atom is -0.492 e. The van der Waals surface area contributed by atoms with Crippen LogP contribution in [0.2, 0.25) is 0 Å². The van der Waals surface area contributed by atoms with E-state index in [2.05, 4.69) is 4.98 Å². The first-order valence-corrected chi connectivity index (χ1v) is 10.7. The number of benzene rings is 3. The van der Waals surface area contributed by atoms with E-state index in [0.717, 1.165) is 16.9 Å². The quantitative estimate of drug-likeness (QED) is 0.415. The van der Waals surface area contributed by atoms with Gasteiger partial charge in [-0.1, -0.05) is 78.9 Å². The molecule has 0 saturated carbocycles. The van der Waals surface area contributed by atoms with Crippen molar-refractivity contribution >= 4 is 11.5 Å². The molecule has 0 fully saturated rings. The van der Waals surface area contributed by atoms with Crippen LogP contribution in [0.5, 0.6) is 5.75 Å². The van der Waals surface area contributed by atoms with Gasteiger partial charge in [0.1, 0.15) is 23.9 Å². The van der Waals surface area contributed by atoms with Crippen molar-refractivity contribution in [3.63, 3.8) is 0 Å². The number of hydrogen-bond acceptors (Lipinski definition) is 5. The number of ether oxygens (including phenoxy) is 1. The van der Waals surface area contributed by atoms with Crippen molar-refractivity contribution in [1.29, 1.82) is 0 Å². The molecular formula is C26H26N4O3. The van der Waals surface area contributed by atoms with Crippen molar-refractivity contribution in [2.24, 2.45) is 0 Å². The minimum absolute atomic E-state index is 0.128. The number of H-pyrrole nitrogens is 1. The number of aromatic amines is 1. The summed E-state index contributed by atoms with van der Waals surface area (Å²) in [6.45, 7) is 1.44. The van der Waals surface area contributed by atoms with Crippen molar-refractivity contribution in [1.82, 2.24) is 9.55 Å². The molecule has 7 heteroatoms. The van der Waals surface area contributed by atoms with Crippen LogP contribution in [0.15, 0.2) is 101 Å². The van der Waals surface area contributed by atoms with Crippen molar-refractivity contribution in [2.45, 2.75) is 13.1 Å².